The number of rotatable bonds is 7. The van der Waals surface area contributed by atoms with Gasteiger partial charge in [-0.15, -0.1) is 0 Å². The van der Waals surface area contributed by atoms with E-state index in [9.17, 15) is 19.2 Å². The molecule has 0 radical (unpaired) electrons. The van der Waals surface area contributed by atoms with Crippen molar-refractivity contribution in [2.75, 3.05) is 23.9 Å². The van der Waals surface area contributed by atoms with E-state index < -0.39 is 23.8 Å². The zero-order valence-corrected chi connectivity index (χ0v) is 20.8. The number of carbonyl (C=O) groups is 4. The van der Waals surface area contributed by atoms with Gasteiger partial charge in [0.05, 0.1) is 28.5 Å². The van der Waals surface area contributed by atoms with Crippen LogP contribution < -0.4 is 25.0 Å². The molecular weight excluding hydrogens is 521 g/mol. The fraction of sp³-hybridized carbons (Fsp3) is 0.0769. The van der Waals surface area contributed by atoms with Crippen molar-refractivity contribution in [2.24, 2.45) is 0 Å². The molecule has 0 saturated carbocycles. The van der Waals surface area contributed by atoms with Gasteiger partial charge in [0.25, 0.3) is 17.7 Å². The van der Waals surface area contributed by atoms with E-state index in [1.165, 1.54) is 31.4 Å². The Morgan fingerprint density at radius 2 is 1.68 bits per heavy atom. The summed E-state index contributed by atoms with van der Waals surface area (Å²) in [6.07, 6.45) is 1.28. The molecule has 2 N–H and O–H groups in total. The molecule has 9 nitrogen and oxygen atoms in total. The van der Waals surface area contributed by atoms with Gasteiger partial charge < -0.3 is 14.8 Å². The van der Waals surface area contributed by atoms with Gasteiger partial charge in [0, 0.05) is 5.56 Å². The predicted octanol–water partition coefficient (Wildman–Crippen LogP) is 4.69. The number of nitrogens with one attached hydrogen (secondary N) is 2. The molecule has 4 rings (SSSR count). The number of barbiturate groups is 1. The van der Waals surface area contributed by atoms with Gasteiger partial charge in [-0.25, -0.2) is 9.69 Å². The number of hydrogen-bond donors (Lipinski definition) is 2. The smallest absolute Gasteiger partial charge is 0.335 e. The van der Waals surface area contributed by atoms with Gasteiger partial charge in [-0.2, -0.15) is 0 Å². The van der Waals surface area contributed by atoms with E-state index in [4.69, 9.17) is 32.7 Å². The lowest BCUT2D eigenvalue weighted by molar-refractivity contribution is -0.122. The molecule has 0 aliphatic carbocycles. The molecule has 0 aromatic heterocycles. The monoisotopic (exact) mass is 539 g/mol. The summed E-state index contributed by atoms with van der Waals surface area (Å²) >= 11 is 12.0. The summed E-state index contributed by atoms with van der Waals surface area (Å²) in [6, 6.07) is 16.7. The second-order valence-corrected chi connectivity index (χ2v) is 8.45. The molecule has 0 atom stereocenters. The Morgan fingerprint density at radius 3 is 2.41 bits per heavy atom. The van der Waals surface area contributed by atoms with Gasteiger partial charge in [0.15, 0.2) is 6.61 Å². The molecule has 1 fully saturated rings. The van der Waals surface area contributed by atoms with Crippen LogP contribution in [0.2, 0.25) is 10.0 Å². The lowest BCUT2D eigenvalue weighted by atomic mass is 10.1. The third kappa shape index (κ3) is 5.74. The quantitative estimate of drug-likeness (QED) is 0.332. The third-order valence-corrected chi connectivity index (χ3v) is 5.96. The standard InChI is InChI=1S/C26H19Cl2N3O6/c1-36-22-9-5-3-7-20(22)29-23(32)14-37-21-8-4-2-6-15(21)12-17-24(33)30-26(35)31(25(17)34)16-10-11-18(27)19(28)13-16/h2-13H,14H2,1H3,(H,29,32)(H,30,33,35)/b17-12-. The number of amides is 5. The zero-order chi connectivity index (χ0) is 26.5. The van der Waals surface area contributed by atoms with Crippen molar-refractivity contribution in [3.05, 3.63) is 87.9 Å². The fourth-order valence-corrected chi connectivity index (χ4v) is 3.77. The Bertz CT molecular complexity index is 1440. The minimum Gasteiger partial charge on any atom is -0.495 e. The number of benzene rings is 3. The number of nitrogens with zero attached hydrogens (tertiary/aromatic N) is 1. The average Bonchev–Trinajstić information content (AvgIpc) is 2.88. The van der Waals surface area contributed by atoms with Gasteiger partial charge in [0.2, 0.25) is 0 Å². The summed E-state index contributed by atoms with van der Waals surface area (Å²) in [5.74, 6) is -1.46. The molecule has 1 aliphatic rings. The topological polar surface area (TPSA) is 114 Å². The van der Waals surface area contributed by atoms with Crippen LogP contribution in [0.5, 0.6) is 11.5 Å². The van der Waals surface area contributed by atoms with Gasteiger partial charge in [0.1, 0.15) is 17.1 Å². The number of carbonyl (C=O) groups excluding carboxylic acids is 4. The summed E-state index contributed by atoms with van der Waals surface area (Å²) in [4.78, 5) is 51.4. The normalized spacial score (nSPS) is 14.4. The maximum Gasteiger partial charge on any atom is 0.335 e. The van der Waals surface area contributed by atoms with Gasteiger partial charge in [-0.1, -0.05) is 53.5 Å². The molecule has 1 heterocycles. The Balaban J connectivity index is 1.55. The lowest BCUT2D eigenvalue weighted by Crippen LogP contribution is -2.54. The summed E-state index contributed by atoms with van der Waals surface area (Å²) in [5, 5.41) is 5.20. The molecule has 1 aliphatic heterocycles. The number of imide groups is 2. The predicted molar refractivity (Wildman–Crippen MR) is 139 cm³/mol. The zero-order valence-electron chi connectivity index (χ0n) is 19.3. The van der Waals surface area contributed by atoms with Crippen LogP contribution in [0.4, 0.5) is 16.2 Å². The molecule has 0 unspecified atom stereocenters. The number of halogens is 2. The lowest BCUT2D eigenvalue weighted by Gasteiger charge is -2.26. The molecule has 0 bridgehead atoms. The average molecular weight is 540 g/mol. The summed E-state index contributed by atoms with van der Waals surface area (Å²) in [6.45, 7) is -0.355. The number of methoxy groups -OCH3 is 1. The first-order valence-corrected chi connectivity index (χ1v) is 11.6. The van der Waals surface area contributed by atoms with E-state index in [0.717, 1.165) is 4.90 Å². The molecule has 0 spiro atoms. The highest BCUT2D eigenvalue weighted by Crippen LogP contribution is 2.30. The second kappa shape index (κ2) is 11.2. The van der Waals surface area contributed by atoms with Crippen LogP contribution in [0.3, 0.4) is 0 Å². The minimum atomic E-state index is -0.928. The van der Waals surface area contributed by atoms with Crippen LogP contribution in [0.15, 0.2) is 72.3 Å². The van der Waals surface area contributed by atoms with Crippen molar-refractivity contribution in [3.63, 3.8) is 0 Å². The third-order valence-electron chi connectivity index (χ3n) is 5.22. The van der Waals surface area contributed by atoms with E-state index in [1.54, 1.807) is 48.5 Å². The molecule has 37 heavy (non-hydrogen) atoms. The molecule has 3 aromatic carbocycles. The first-order chi connectivity index (χ1) is 17.8. The van der Waals surface area contributed by atoms with Gasteiger partial charge in [-0.05, 0) is 42.5 Å². The number of anilines is 2. The van der Waals surface area contributed by atoms with Crippen LogP contribution >= 0.6 is 23.2 Å². The number of para-hydroxylation sites is 3. The fourth-order valence-electron chi connectivity index (χ4n) is 3.48. The largest absolute Gasteiger partial charge is 0.495 e. The molecule has 188 valence electrons. The van der Waals surface area contributed by atoms with Crippen LogP contribution in [0.1, 0.15) is 5.56 Å². The molecule has 5 amide bonds. The number of ether oxygens (including phenoxy) is 2. The van der Waals surface area contributed by atoms with E-state index in [1.807, 2.05) is 0 Å². The van der Waals surface area contributed by atoms with E-state index >= 15 is 0 Å². The summed E-state index contributed by atoms with van der Waals surface area (Å²) < 4.78 is 10.9. The van der Waals surface area contributed by atoms with Crippen molar-refractivity contribution < 1.29 is 28.7 Å². The van der Waals surface area contributed by atoms with Gasteiger partial charge >= 0.3 is 6.03 Å². The second-order valence-electron chi connectivity index (χ2n) is 7.63. The van der Waals surface area contributed by atoms with E-state index in [0.29, 0.717) is 17.0 Å². The number of hydrogen-bond acceptors (Lipinski definition) is 6. The highest BCUT2D eigenvalue weighted by atomic mass is 35.5. The Hall–Kier alpha value is -4.34. The first-order valence-electron chi connectivity index (χ1n) is 10.8. The Morgan fingerprint density at radius 1 is 0.973 bits per heavy atom. The van der Waals surface area contributed by atoms with Crippen molar-refractivity contribution >= 4 is 64.4 Å². The minimum absolute atomic E-state index is 0.132. The van der Waals surface area contributed by atoms with Crippen molar-refractivity contribution in [2.45, 2.75) is 0 Å². The van der Waals surface area contributed by atoms with Crippen LogP contribution in [-0.4, -0.2) is 37.5 Å². The van der Waals surface area contributed by atoms with Crippen LogP contribution in [-0.2, 0) is 14.4 Å². The van der Waals surface area contributed by atoms with Gasteiger partial charge in [-0.3, -0.25) is 19.7 Å². The van der Waals surface area contributed by atoms with Crippen LogP contribution in [0.25, 0.3) is 6.08 Å². The maximum atomic E-state index is 13.2. The Kier molecular flexibility index (Phi) is 7.76. The Labute approximate surface area is 221 Å². The molecular formula is C26H19Cl2N3O6. The van der Waals surface area contributed by atoms with Crippen molar-refractivity contribution in [3.8, 4) is 11.5 Å². The number of urea groups is 1. The van der Waals surface area contributed by atoms with Crippen molar-refractivity contribution in [1.82, 2.24) is 5.32 Å². The summed E-state index contributed by atoms with van der Waals surface area (Å²) in [7, 11) is 1.49. The van der Waals surface area contributed by atoms with E-state index in [2.05, 4.69) is 10.6 Å². The van der Waals surface area contributed by atoms with Crippen molar-refractivity contribution in [1.29, 1.82) is 0 Å². The summed E-state index contributed by atoms with van der Waals surface area (Å²) in [5.41, 5.74) is 0.633. The maximum absolute atomic E-state index is 13.2. The molecule has 1 saturated heterocycles. The highest BCUT2D eigenvalue weighted by Gasteiger charge is 2.37. The van der Waals surface area contributed by atoms with E-state index in [-0.39, 0.29) is 33.7 Å². The molecule has 3 aromatic rings. The molecule has 11 heteroatoms. The first kappa shape index (κ1) is 25.7. The highest BCUT2D eigenvalue weighted by molar-refractivity contribution is 6.43. The van der Waals surface area contributed by atoms with Crippen LogP contribution in [0, 0.1) is 0 Å². The SMILES string of the molecule is COc1ccccc1NC(=O)COc1ccccc1/C=C1/C(=O)NC(=O)N(c2ccc(Cl)c(Cl)c2)C1=O.